The van der Waals surface area contributed by atoms with Crippen LogP contribution in [0.3, 0.4) is 0 Å². The molecule has 0 aromatic heterocycles. The third-order valence-electron chi connectivity index (χ3n) is 1.24. The van der Waals surface area contributed by atoms with Crippen LogP contribution in [0.15, 0.2) is 35.5 Å². The second kappa shape index (κ2) is 18.0. The molecule has 3 N–H and O–H groups in total. The monoisotopic (exact) mass is 441 g/mol. The van der Waals surface area contributed by atoms with E-state index in [0.29, 0.717) is 0 Å². The van der Waals surface area contributed by atoms with Crippen LogP contribution in [-0.4, -0.2) is 32.7 Å². The van der Waals surface area contributed by atoms with Crippen LogP contribution in [0.5, 0.6) is 0 Å². The van der Waals surface area contributed by atoms with Crippen molar-refractivity contribution in [3.8, 4) is 0 Å². The summed E-state index contributed by atoms with van der Waals surface area (Å²) in [4.78, 5) is 30.1. The number of carbonyl (C=O) groups excluding carboxylic acids is 3. The van der Waals surface area contributed by atoms with Gasteiger partial charge in [-0.25, -0.2) is 0 Å². The molecule has 0 saturated carbocycles. The molecule has 0 aromatic carbocycles. The van der Waals surface area contributed by atoms with Gasteiger partial charge in [0.15, 0.2) is 17.3 Å². The third-order valence-corrected chi connectivity index (χ3v) is 1.24. The number of rotatable bonds is 3. The molecule has 0 aliphatic carbocycles. The molecule has 0 amide bonds. The largest absolute Gasteiger partial charge is 0.512 e. The summed E-state index contributed by atoms with van der Waals surface area (Å²) in [7, 11) is 0. The van der Waals surface area contributed by atoms with Crippen molar-refractivity contribution < 1.29 is 71.0 Å². The summed E-state index contributed by atoms with van der Waals surface area (Å²) in [5.74, 6) is -0.187. The van der Waals surface area contributed by atoms with Crippen LogP contribution in [0.1, 0.15) is 41.5 Å². The zero-order valence-electron chi connectivity index (χ0n) is 13.9. The van der Waals surface area contributed by atoms with Crippen LogP contribution in [-0.2, 0) is 14.4 Å². The van der Waals surface area contributed by atoms with Crippen molar-refractivity contribution in [1.82, 2.24) is 0 Å². The average Bonchev–Trinajstić information content (AvgIpc) is 2.10. The first-order chi connectivity index (χ1) is 9.38. The van der Waals surface area contributed by atoms with E-state index in [1.54, 1.807) is 0 Å². The first-order valence-corrected chi connectivity index (χ1v) is 6.02. The summed E-state index contributed by atoms with van der Waals surface area (Å²) in [5.41, 5.74) is 0. The Bertz CT molecular complexity index is 368. The van der Waals surface area contributed by atoms with Crippen LogP contribution in [0.2, 0.25) is 0 Å². The van der Waals surface area contributed by atoms with E-state index in [-0.39, 0.29) is 75.9 Å². The zero-order valence-corrected chi connectivity index (χ0v) is 17.6. The maximum absolute atomic E-state index is 10.0. The number of hydrogen-bond acceptors (Lipinski definition) is 6. The topological polar surface area (TPSA) is 112 Å². The van der Waals surface area contributed by atoms with Crippen LogP contribution >= 0.6 is 0 Å². The fourth-order valence-corrected chi connectivity index (χ4v) is 0.882. The molecule has 0 fully saturated rings. The molecule has 6 nitrogen and oxygen atoms in total. The standard InChI is InChI=1S/3C5H8O2.Pr/c3*1-4(6)3-5(2)7;/h3*3,6H,1-2H3;. The first-order valence-electron chi connectivity index (χ1n) is 6.02. The molecule has 0 aliphatic rings. The van der Waals surface area contributed by atoms with E-state index in [1.807, 2.05) is 0 Å². The molecule has 1 radical (unpaired) electrons. The normalized spacial score (nSPS) is 10.9. The third kappa shape index (κ3) is 50.9. The molecule has 22 heavy (non-hydrogen) atoms. The number of hydrogen-bond donors (Lipinski definition) is 3. The van der Waals surface area contributed by atoms with Gasteiger partial charge in [-0.3, -0.25) is 14.4 Å². The van der Waals surface area contributed by atoms with E-state index in [2.05, 4.69) is 0 Å². The summed E-state index contributed by atoms with van der Waals surface area (Å²) in [6, 6.07) is 0. The fourth-order valence-electron chi connectivity index (χ4n) is 0.882. The summed E-state index contributed by atoms with van der Waals surface area (Å²) in [6.45, 7) is 8.54. The molecule has 0 unspecified atom stereocenters. The summed E-state index contributed by atoms with van der Waals surface area (Å²) < 4.78 is 0. The van der Waals surface area contributed by atoms with Crippen molar-refractivity contribution in [3.05, 3.63) is 35.5 Å². The molecule has 0 rings (SSSR count). The fraction of sp³-hybridized carbons (Fsp3) is 0.400. The molecule has 0 atom stereocenters. The van der Waals surface area contributed by atoms with Gasteiger partial charge in [-0.15, -0.1) is 0 Å². The second-order valence-corrected chi connectivity index (χ2v) is 4.19. The molecule has 0 aliphatic heterocycles. The predicted octanol–water partition coefficient (Wildman–Crippen LogP) is 3.11. The van der Waals surface area contributed by atoms with E-state index in [9.17, 15) is 14.4 Å². The van der Waals surface area contributed by atoms with Crippen molar-refractivity contribution in [3.63, 3.8) is 0 Å². The van der Waals surface area contributed by atoms with Gasteiger partial charge in [0.25, 0.3) is 0 Å². The maximum atomic E-state index is 10.0. The summed E-state index contributed by atoms with van der Waals surface area (Å²) in [5, 5.41) is 25.1. The van der Waals surface area contributed by atoms with Gasteiger partial charge < -0.3 is 15.3 Å². The van der Waals surface area contributed by atoms with E-state index in [1.165, 1.54) is 59.8 Å². The van der Waals surface area contributed by atoms with Crippen molar-refractivity contribution in [1.29, 1.82) is 0 Å². The van der Waals surface area contributed by atoms with Crippen molar-refractivity contribution >= 4 is 17.3 Å². The molecule has 0 heterocycles. The minimum Gasteiger partial charge on any atom is -0.512 e. The molecule has 0 spiro atoms. The summed E-state index contributed by atoms with van der Waals surface area (Å²) in [6.07, 6.45) is 3.50. The molecule has 7 heteroatoms. The molecule has 123 valence electrons. The molecular formula is C15H24O6Pr. The van der Waals surface area contributed by atoms with E-state index in [0.717, 1.165) is 0 Å². The van der Waals surface area contributed by atoms with E-state index < -0.39 is 0 Å². The number of ketones is 3. The van der Waals surface area contributed by atoms with Gasteiger partial charge in [0.2, 0.25) is 0 Å². The van der Waals surface area contributed by atoms with Crippen molar-refractivity contribution in [2.24, 2.45) is 0 Å². The van der Waals surface area contributed by atoms with Gasteiger partial charge in [0.1, 0.15) is 0 Å². The molecule has 0 bridgehead atoms. The minimum atomic E-state index is -0.125. The van der Waals surface area contributed by atoms with Gasteiger partial charge in [-0.2, -0.15) is 0 Å². The van der Waals surface area contributed by atoms with Crippen LogP contribution in [0.25, 0.3) is 0 Å². The second-order valence-electron chi connectivity index (χ2n) is 4.19. The maximum Gasteiger partial charge on any atom is 0.155 e. The number of aliphatic hydroxyl groups is 3. The smallest absolute Gasteiger partial charge is 0.155 e. The Morgan fingerprint density at radius 2 is 0.682 bits per heavy atom. The molecular weight excluding hydrogens is 417 g/mol. The average molecular weight is 441 g/mol. The van der Waals surface area contributed by atoms with E-state index in [4.69, 9.17) is 15.3 Å². The van der Waals surface area contributed by atoms with Gasteiger partial charge in [-0.05, 0) is 41.5 Å². The Labute approximate surface area is 164 Å². The van der Waals surface area contributed by atoms with E-state index >= 15 is 0 Å². The number of carbonyl (C=O) groups is 3. The minimum absolute atomic E-state index is 0. The predicted molar refractivity (Wildman–Crippen MR) is 81.2 cm³/mol. The number of allylic oxidation sites excluding steroid dienone is 6. The zero-order chi connectivity index (χ0) is 17.6. The van der Waals surface area contributed by atoms with Crippen molar-refractivity contribution in [2.75, 3.05) is 0 Å². The number of aliphatic hydroxyl groups excluding tert-OH is 3. The van der Waals surface area contributed by atoms with Crippen LogP contribution in [0.4, 0.5) is 0 Å². The van der Waals surface area contributed by atoms with Crippen LogP contribution in [0, 0.1) is 41.3 Å². The Hall–Kier alpha value is -1.01. The Kier molecular flexibility index (Phi) is 23.8. The Morgan fingerprint density at radius 1 is 0.545 bits per heavy atom. The molecule has 0 saturated heterocycles. The quantitative estimate of drug-likeness (QED) is 0.459. The Morgan fingerprint density at radius 3 is 0.682 bits per heavy atom. The SMILES string of the molecule is CC(=O)C=C(C)O.CC(=O)C=C(C)O.CC(=O)C=C(C)O.[Pr]. The first kappa shape index (κ1) is 29.1. The molecule has 0 aromatic rings. The van der Waals surface area contributed by atoms with Gasteiger partial charge in [0, 0.05) is 59.5 Å². The van der Waals surface area contributed by atoms with Gasteiger partial charge >= 0.3 is 0 Å². The van der Waals surface area contributed by atoms with Gasteiger partial charge in [-0.1, -0.05) is 0 Å². The summed E-state index contributed by atoms with van der Waals surface area (Å²) >= 11 is 0. The van der Waals surface area contributed by atoms with Crippen LogP contribution < -0.4 is 0 Å². The van der Waals surface area contributed by atoms with Crippen molar-refractivity contribution in [2.45, 2.75) is 41.5 Å². The Balaban J connectivity index is -0.000000108. The van der Waals surface area contributed by atoms with Gasteiger partial charge in [0.05, 0.1) is 17.3 Å².